The van der Waals surface area contributed by atoms with Gasteiger partial charge in [-0.2, -0.15) is 4.99 Å². The summed E-state index contributed by atoms with van der Waals surface area (Å²) in [5.74, 6) is 0.113. The van der Waals surface area contributed by atoms with E-state index < -0.39 is 6.17 Å². The molecular formula is C9H16N4O2. The molecule has 0 fully saturated rings. The Morgan fingerprint density at radius 2 is 2.00 bits per heavy atom. The monoisotopic (exact) mass is 212 g/mol. The predicted molar refractivity (Wildman–Crippen MR) is 55.5 cm³/mol. The molecule has 0 radical (unpaired) electrons. The van der Waals surface area contributed by atoms with Gasteiger partial charge in [-0.05, 0) is 31.7 Å². The number of carbonyl (C=O) groups excluding carboxylic acids is 2. The maximum absolute atomic E-state index is 9.96. The highest BCUT2D eigenvalue weighted by atomic mass is 16.1. The van der Waals surface area contributed by atoms with Crippen molar-refractivity contribution in [2.45, 2.75) is 25.4 Å². The molecule has 0 amide bonds. The van der Waals surface area contributed by atoms with Crippen LogP contribution in [0.15, 0.2) is 9.98 Å². The van der Waals surface area contributed by atoms with Crippen LogP contribution in [0.4, 0.5) is 0 Å². The van der Waals surface area contributed by atoms with Crippen LogP contribution in [0.25, 0.3) is 0 Å². The van der Waals surface area contributed by atoms with Crippen LogP contribution in [-0.4, -0.2) is 31.4 Å². The molecule has 0 saturated carbocycles. The Balaban J connectivity index is 4.08. The normalized spacial score (nSPS) is 13.5. The number of isocyanates is 2. The molecule has 4 N–H and O–H groups in total. The van der Waals surface area contributed by atoms with E-state index in [1.807, 2.05) is 0 Å². The van der Waals surface area contributed by atoms with E-state index in [2.05, 4.69) is 9.98 Å². The van der Waals surface area contributed by atoms with Crippen LogP contribution >= 0.6 is 0 Å². The summed E-state index contributed by atoms with van der Waals surface area (Å²) in [6, 6.07) is 0. The van der Waals surface area contributed by atoms with E-state index in [0.717, 1.165) is 12.8 Å². The minimum Gasteiger partial charge on any atom is -0.330 e. The van der Waals surface area contributed by atoms with Crippen LogP contribution in [0, 0.1) is 5.92 Å². The molecule has 0 rings (SSSR count). The van der Waals surface area contributed by atoms with E-state index in [4.69, 9.17) is 11.5 Å². The number of hydrogen-bond acceptors (Lipinski definition) is 6. The average Bonchev–Trinajstić information content (AvgIpc) is 2.22. The highest BCUT2D eigenvalue weighted by Gasteiger charge is 2.12. The molecule has 0 aliphatic carbocycles. The number of nitrogens with zero attached hydrogens (tertiary/aromatic N) is 2. The maximum atomic E-state index is 9.96. The van der Waals surface area contributed by atoms with E-state index >= 15 is 0 Å². The van der Waals surface area contributed by atoms with Crippen molar-refractivity contribution in [2.75, 3.05) is 13.1 Å². The zero-order valence-electron chi connectivity index (χ0n) is 8.56. The molecule has 2 atom stereocenters. The average molecular weight is 212 g/mol. The summed E-state index contributed by atoms with van der Waals surface area (Å²) in [4.78, 5) is 26.8. The van der Waals surface area contributed by atoms with E-state index in [0.29, 0.717) is 19.5 Å². The predicted octanol–water partition coefficient (Wildman–Crippen LogP) is -0.312. The molecule has 0 aromatic heterocycles. The van der Waals surface area contributed by atoms with Gasteiger partial charge in [0.25, 0.3) is 0 Å². The van der Waals surface area contributed by atoms with Gasteiger partial charge in [-0.1, -0.05) is 0 Å². The smallest absolute Gasteiger partial charge is 0.236 e. The lowest BCUT2D eigenvalue weighted by Gasteiger charge is -2.14. The summed E-state index contributed by atoms with van der Waals surface area (Å²) in [6.07, 6.45) is 4.44. The molecule has 0 saturated heterocycles. The van der Waals surface area contributed by atoms with Crippen molar-refractivity contribution in [1.29, 1.82) is 0 Å². The molecule has 84 valence electrons. The third-order valence-electron chi connectivity index (χ3n) is 2.02. The van der Waals surface area contributed by atoms with Gasteiger partial charge in [-0.3, -0.25) is 0 Å². The van der Waals surface area contributed by atoms with Crippen molar-refractivity contribution in [3.8, 4) is 0 Å². The fraction of sp³-hybridized carbons (Fsp3) is 0.778. The molecule has 0 aliphatic heterocycles. The standard InChI is InChI=1S/C9H16N4O2/c10-3-1-2-8(5-12-6-14)4-9(11)13-7-15/h8-9H,1-5,10-11H2. The van der Waals surface area contributed by atoms with Crippen LogP contribution in [0.1, 0.15) is 19.3 Å². The first kappa shape index (κ1) is 13.7. The fourth-order valence-electron chi connectivity index (χ4n) is 1.32. The Kier molecular flexibility index (Phi) is 8.43. The third kappa shape index (κ3) is 7.73. The zero-order valence-corrected chi connectivity index (χ0v) is 8.56. The quantitative estimate of drug-likeness (QED) is 0.424. The summed E-state index contributed by atoms with van der Waals surface area (Å²) in [6.45, 7) is 0.930. The SMILES string of the molecule is NCCCC(CN=C=O)CC(N)N=C=O. The summed E-state index contributed by atoms with van der Waals surface area (Å²) >= 11 is 0. The molecule has 0 spiro atoms. The van der Waals surface area contributed by atoms with Crippen molar-refractivity contribution in [2.24, 2.45) is 27.4 Å². The lowest BCUT2D eigenvalue weighted by molar-refractivity contribution is 0.410. The zero-order chi connectivity index (χ0) is 11.5. The van der Waals surface area contributed by atoms with Gasteiger partial charge >= 0.3 is 0 Å². The topological polar surface area (TPSA) is 111 Å². The van der Waals surface area contributed by atoms with Crippen LogP contribution in [0.3, 0.4) is 0 Å². The van der Waals surface area contributed by atoms with Gasteiger partial charge in [-0.25, -0.2) is 14.6 Å². The van der Waals surface area contributed by atoms with Crippen LogP contribution < -0.4 is 11.5 Å². The highest BCUT2D eigenvalue weighted by Crippen LogP contribution is 2.13. The van der Waals surface area contributed by atoms with E-state index in [1.165, 1.54) is 12.2 Å². The largest absolute Gasteiger partial charge is 0.330 e. The number of nitrogens with two attached hydrogens (primary N) is 2. The molecule has 6 nitrogen and oxygen atoms in total. The third-order valence-corrected chi connectivity index (χ3v) is 2.02. The van der Waals surface area contributed by atoms with Gasteiger partial charge in [0.15, 0.2) is 0 Å². The molecule has 0 bridgehead atoms. The fourth-order valence-corrected chi connectivity index (χ4v) is 1.32. The summed E-state index contributed by atoms with van der Waals surface area (Å²) in [7, 11) is 0. The van der Waals surface area contributed by atoms with E-state index in [9.17, 15) is 9.59 Å². The van der Waals surface area contributed by atoms with E-state index in [1.54, 1.807) is 0 Å². The maximum Gasteiger partial charge on any atom is 0.236 e. The minimum atomic E-state index is -0.577. The first-order chi connectivity index (χ1) is 7.24. The second-order valence-corrected chi connectivity index (χ2v) is 3.25. The van der Waals surface area contributed by atoms with Crippen molar-refractivity contribution >= 4 is 12.2 Å². The molecule has 0 aromatic rings. The first-order valence-electron chi connectivity index (χ1n) is 4.80. The van der Waals surface area contributed by atoms with Gasteiger partial charge in [-0.15, -0.1) is 0 Å². The molecule has 2 unspecified atom stereocenters. The summed E-state index contributed by atoms with van der Waals surface area (Å²) < 4.78 is 0. The Bertz CT molecular complexity index is 257. The van der Waals surface area contributed by atoms with Crippen molar-refractivity contribution < 1.29 is 9.59 Å². The summed E-state index contributed by atoms with van der Waals surface area (Å²) in [5.41, 5.74) is 10.9. The second-order valence-electron chi connectivity index (χ2n) is 3.25. The van der Waals surface area contributed by atoms with Crippen molar-refractivity contribution in [3.63, 3.8) is 0 Å². The van der Waals surface area contributed by atoms with Crippen molar-refractivity contribution in [3.05, 3.63) is 0 Å². The van der Waals surface area contributed by atoms with Gasteiger partial charge in [0, 0.05) is 0 Å². The van der Waals surface area contributed by atoms with Gasteiger partial charge in [0.1, 0.15) is 6.17 Å². The Morgan fingerprint density at radius 1 is 1.27 bits per heavy atom. The molecule has 0 aromatic carbocycles. The lowest BCUT2D eigenvalue weighted by atomic mass is 9.98. The first-order valence-corrected chi connectivity index (χ1v) is 4.80. The van der Waals surface area contributed by atoms with Crippen LogP contribution in [0.5, 0.6) is 0 Å². The highest BCUT2D eigenvalue weighted by molar-refractivity contribution is 5.33. The molecular weight excluding hydrogens is 196 g/mol. The second kappa shape index (κ2) is 9.24. The van der Waals surface area contributed by atoms with E-state index in [-0.39, 0.29) is 5.92 Å². The number of hydrogen-bond donors (Lipinski definition) is 2. The Hall–Kier alpha value is -1.32. The van der Waals surface area contributed by atoms with Gasteiger partial charge in [0.05, 0.1) is 6.54 Å². The summed E-state index contributed by atoms with van der Waals surface area (Å²) in [5, 5.41) is 0. The Morgan fingerprint density at radius 3 is 2.53 bits per heavy atom. The van der Waals surface area contributed by atoms with Crippen molar-refractivity contribution in [1.82, 2.24) is 0 Å². The number of aliphatic imine (C=N–C) groups is 2. The molecule has 6 heteroatoms. The van der Waals surface area contributed by atoms with Crippen LogP contribution in [-0.2, 0) is 9.59 Å². The molecule has 0 heterocycles. The van der Waals surface area contributed by atoms with Gasteiger partial charge in [0.2, 0.25) is 12.2 Å². The number of rotatable bonds is 8. The molecule has 0 aliphatic rings. The lowest BCUT2D eigenvalue weighted by Crippen LogP contribution is -2.23. The molecule has 15 heavy (non-hydrogen) atoms. The van der Waals surface area contributed by atoms with Gasteiger partial charge < -0.3 is 11.5 Å². The Labute approximate surface area is 88.5 Å². The van der Waals surface area contributed by atoms with Crippen LogP contribution in [0.2, 0.25) is 0 Å². The minimum absolute atomic E-state index is 0.113.